The molecule has 2 aliphatic rings. The number of hydrogen-bond acceptors (Lipinski definition) is 6. The van der Waals surface area contributed by atoms with Gasteiger partial charge in [0.15, 0.2) is 0 Å². The van der Waals surface area contributed by atoms with Crippen molar-refractivity contribution in [2.45, 2.75) is 19.4 Å². The van der Waals surface area contributed by atoms with Crippen LogP contribution in [0, 0.1) is 5.92 Å². The number of nitrogens with zero attached hydrogens (tertiary/aromatic N) is 4. The molecule has 1 aromatic heterocycles. The molecular weight excluding hydrogens is 356 g/mol. The lowest BCUT2D eigenvalue weighted by Gasteiger charge is -2.38. The van der Waals surface area contributed by atoms with E-state index in [0.29, 0.717) is 24.5 Å². The first kappa shape index (κ1) is 19.4. The number of benzene rings is 1. The molecule has 2 saturated heterocycles. The Kier molecular flexibility index (Phi) is 6.24. The Hall–Kier alpha value is -1.96. The molecule has 2 aromatic rings. The molecule has 1 atom stereocenters. The predicted molar refractivity (Wildman–Crippen MR) is 110 cm³/mol. The first-order chi connectivity index (χ1) is 13.7. The van der Waals surface area contributed by atoms with Crippen molar-refractivity contribution in [3.8, 4) is 0 Å². The van der Waals surface area contributed by atoms with Gasteiger partial charge in [-0.3, -0.25) is 14.3 Å². The molecule has 0 spiro atoms. The van der Waals surface area contributed by atoms with Crippen molar-refractivity contribution in [1.82, 2.24) is 14.5 Å². The predicted octanol–water partition coefficient (Wildman–Crippen LogP) is 1.59. The Bertz CT molecular complexity index is 839. The molecule has 3 heterocycles. The molecule has 7 nitrogen and oxygen atoms in total. The van der Waals surface area contributed by atoms with Gasteiger partial charge in [0.05, 0.1) is 37.0 Å². The van der Waals surface area contributed by atoms with Gasteiger partial charge in [-0.25, -0.2) is 4.98 Å². The molecule has 0 bridgehead atoms. The fourth-order valence-electron chi connectivity index (χ4n) is 4.20. The number of rotatable bonds is 6. The van der Waals surface area contributed by atoms with Gasteiger partial charge in [0.1, 0.15) is 0 Å². The molecule has 152 valence electrons. The van der Waals surface area contributed by atoms with Crippen molar-refractivity contribution in [2.24, 2.45) is 5.92 Å². The van der Waals surface area contributed by atoms with Crippen molar-refractivity contribution in [2.75, 3.05) is 64.6 Å². The van der Waals surface area contributed by atoms with E-state index in [1.807, 2.05) is 12.1 Å². The van der Waals surface area contributed by atoms with Gasteiger partial charge in [-0.1, -0.05) is 0 Å². The van der Waals surface area contributed by atoms with Crippen LogP contribution in [0.5, 0.6) is 0 Å². The summed E-state index contributed by atoms with van der Waals surface area (Å²) in [6.07, 6.45) is 4.11. The summed E-state index contributed by atoms with van der Waals surface area (Å²) in [5, 5.41) is 0.665. The SMILES string of the molecule is COCCn1cnc2cc(N3CCN(CC4CCCOC4)CC3)ccc2c1=O. The molecule has 0 N–H and O–H groups in total. The van der Waals surface area contributed by atoms with Crippen LogP contribution in [-0.2, 0) is 16.0 Å². The Balaban J connectivity index is 1.40. The molecule has 4 rings (SSSR count). The minimum absolute atomic E-state index is 0.00637. The lowest BCUT2D eigenvalue weighted by molar-refractivity contribution is 0.0377. The third kappa shape index (κ3) is 4.37. The number of piperazine rings is 1. The maximum Gasteiger partial charge on any atom is 0.261 e. The van der Waals surface area contributed by atoms with Crippen LogP contribution in [0.25, 0.3) is 10.9 Å². The van der Waals surface area contributed by atoms with E-state index in [0.717, 1.165) is 57.1 Å². The van der Waals surface area contributed by atoms with Crippen LogP contribution in [0.1, 0.15) is 12.8 Å². The molecule has 0 amide bonds. The van der Waals surface area contributed by atoms with Gasteiger partial charge in [0, 0.05) is 52.1 Å². The van der Waals surface area contributed by atoms with Crippen LogP contribution < -0.4 is 10.5 Å². The smallest absolute Gasteiger partial charge is 0.261 e. The minimum Gasteiger partial charge on any atom is -0.383 e. The van der Waals surface area contributed by atoms with E-state index in [4.69, 9.17) is 9.47 Å². The summed E-state index contributed by atoms with van der Waals surface area (Å²) >= 11 is 0. The van der Waals surface area contributed by atoms with Crippen molar-refractivity contribution in [3.63, 3.8) is 0 Å². The zero-order valence-corrected chi connectivity index (χ0v) is 16.7. The lowest BCUT2D eigenvalue weighted by atomic mass is 10.0. The van der Waals surface area contributed by atoms with Crippen molar-refractivity contribution in [1.29, 1.82) is 0 Å². The summed E-state index contributed by atoms with van der Waals surface area (Å²) in [6.45, 7) is 8.16. The Morgan fingerprint density at radius 1 is 1.25 bits per heavy atom. The second kappa shape index (κ2) is 9.03. The number of methoxy groups -OCH3 is 1. The molecule has 0 saturated carbocycles. The number of fused-ring (bicyclic) bond motifs is 1. The van der Waals surface area contributed by atoms with Gasteiger partial charge in [-0.2, -0.15) is 0 Å². The van der Waals surface area contributed by atoms with Crippen LogP contribution in [0.15, 0.2) is 29.3 Å². The summed E-state index contributed by atoms with van der Waals surface area (Å²) in [4.78, 5) is 22.0. The highest BCUT2D eigenvalue weighted by atomic mass is 16.5. The van der Waals surface area contributed by atoms with Gasteiger partial charge >= 0.3 is 0 Å². The van der Waals surface area contributed by atoms with Gasteiger partial charge in [-0.05, 0) is 37.0 Å². The van der Waals surface area contributed by atoms with Crippen LogP contribution in [0.2, 0.25) is 0 Å². The Morgan fingerprint density at radius 3 is 2.86 bits per heavy atom. The van der Waals surface area contributed by atoms with E-state index in [1.165, 1.54) is 12.8 Å². The second-order valence-corrected chi connectivity index (χ2v) is 7.81. The van der Waals surface area contributed by atoms with E-state index in [9.17, 15) is 4.79 Å². The minimum atomic E-state index is -0.00637. The van der Waals surface area contributed by atoms with Crippen LogP contribution in [0.3, 0.4) is 0 Å². The van der Waals surface area contributed by atoms with Gasteiger partial charge in [-0.15, -0.1) is 0 Å². The maximum absolute atomic E-state index is 12.6. The molecule has 0 aliphatic carbocycles. The molecule has 7 heteroatoms. The molecule has 0 radical (unpaired) electrons. The largest absolute Gasteiger partial charge is 0.383 e. The van der Waals surface area contributed by atoms with E-state index in [1.54, 1.807) is 18.0 Å². The monoisotopic (exact) mass is 386 g/mol. The highest BCUT2D eigenvalue weighted by Crippen LogP contribution is 2.22. The van der Waals surface area contributed by atoms with E-state index in [2.05, 4.69) is 20.9 Å². The summed E-state index contributed by atoms with van der Waals surface area (Å²) in [7, 11) is 1.63. The van der Waals surface area contributed by atoms with E-state index >= 15 is 0 Å². The van der Waals surface area contributed by atoms with Crippen molar-refractivity contribution < 1.29 is 9.47 Å². The fraction of sp³-hybridized carbons (Fsp3) is 0.619. The molecular formula is C21H30N4O3. The lowest BCUT2D eigenvalue weighted by Crippen LogP contribution is -2.48. The fourth-order valence-corrected chi connectivity index (χ4v) is 4.20. The summed E-state index contributed by atoms with van der Waals surface area (Å²) in [6, 6.07) is 6.01. The molecule has 28 heavy (non-hydrogen) atoms. The average Bonchev–Trinajstić information content (AvgIpc) is 2.74. The first-order valence-electron chi connectivity index (χ1n) is 10.3. The zero-order valence-electron chi connectivity index (χ0n) is 16.7. The third-order valence-corrected chi connectivity index (χ3v) is 5.85. The summed E-state index contributed by atoms with van der Waals surface area (Å²) in [5.74, 6) is 0.686. The van der Waals surface area contributed by atoms with Gasteiger partial charge in [0.2, 0.25) is 0 Å². The number of aromatic nitrogens is 2. The normalized spacial score (nSPS) is 21.3. The first-order valence-corrected chi connectivity index (χ1v) is 10.3. The van der Waals surface area contributed by atoms with E-state index < -0.39 is 0 Å². The standard InChI is InChI=1S/C21H30N4O3/c1-27-12-10-25-16-22-20-13-18(4-5-19(20)21(25)26)24-8-6-23(7-9-24)14-17-3-2-11-28-15-17/h4-5,13,16-17H,2-3,6-12,14-15H2,1H3. The quantitative estimate of drug-likeness (QED) is 0.752. The van der Waals surface area contributed by atoms with Crippen molar-refractivity contribution in [3.05, 3.63) is 34.9 Å². The second-order valence-electron chi connectivity index (χ2n) is 7.81. The third-order valence-electron chi connectivity index (χ3n) is 5.85. The Morgan fingerprint density at radius 2 is 2.11 bits per heavy atom. The van der Waals surface area contributed by atoms with Crippen LogP contribution in [-0.4, -0.2) is 74.1 Å². The van der Waals surface area contributed by atoms with Crippen LogP contribution >= 0.6 is 0 Å². The number of anilines is 1. The maximum atomic E-state index is 12.6. The summed E-state index contributed by atoms with van der Waals surface area (Å²) in [5.41, 5.74) is 1.90. The topological polar surface area (TPSA) is 59.8 Å². The van der Waals surface area contributed by atoms with Crippen LogP contribution in [0.4, 0.5) is 5.69 Å². The average molecular weight is 386 g/mol. The highest BCUT2D eigenvalue weighted by molar-refractivity contribution is 5.81. The van der Waals surface area contributed by atoms with Gasteiger partial charge in [0.25, 0.3) is 5.56 Å². The molecule has 1 unspecified atom stereocenters. The zero-order chi connectivity index (χ0) is 19.3. The number of hydrogen-bond donors (Lipinski definition) is 0. The van der Waals surface area contributed by atoms with Crippen molar-refractivity contribution >= 4 is 16.6 Å². The molecule has 1 aromatic carbocycles. The van der Waals surface area contributed by atoms with Gasteiger partial charge < -0.3 is 14.4 Å². The highest BCUT2D eigenvalue weighted by Gasteiger charge is 2.22. The summed E-state index contributed by atoms with van der Waals surface area (Å²) < 4.78 is 12.3. The molecule has 2 aliphatic heterocycles. The van der Waals surface area contributed by atoms with E-state index in [-0.39, 0.29) is 5.56 Å². The Labute approximate surface area is 165 Å². The molecule has 2 fully saturated rings. The number of ether oxygens (including phenoxy) is 2.